The summed E-state index contributed by atoms with van der Waals surface area (Å²) in [5.41, 5.74) is 8.37. The molecule has 0 saturated heterocycles. The first kappa shape index (κ1) is 23.0. The fourth-order valence-electron chi connectivity index (χ4n) is 3.51. The third kappa shape index (κ3) is 10.2. The van der Waals surface area contributed by atoms with Crippen molar-refractivity contribution >= 4 is 17.4 Å². The van der Waals surface area contributed by atoms with Gasteiger partial charge in [0.25, 0.3) is 5.17 Å². The number of thiocarbonyl (C=S) groups is 1. The second-order valence-corrected chi connectivity index (χ2v) is 7.75. The molecule has 0 spiro atoms. The highest BCUT2D eigenvalue weighted by Gasteiger charge is 2.10. The van der Waals surface area contributed by atoms with Crippen molar-refractivity contribution in [2.75, 3.05) is 0 Å². The lowest BCUT2D eigenvalue weighted by Crippen LogP contribution is -2.17. The van der Waals surface area contributed by atoms with Gasteiger partial charge in [-0.25, -0.2) is 0 Å². The number of hydrogen-bond donors (Lipinski definition) is 1. The molecular weight excluding hydrogens is 338 g/mol. The van der Waals surface area contributed by atoms with Crippen LogP contribution in [-0.2, 0) is 12.8 Å². The van der Waals surface area contributed by atoms with Crippen LogP contribution in [0.1, 0.15) is 102 Å². The van der Waals surface area contributed by atoms with Gasteiger partial charge in [0.05, 0.1) is 0 Å². The van der Waals surface area contributed by atoms with Crippen molar-refractivity contribution in [1.29, 1.82) is 0 Å². The monoisotopic (exact) mass is 377 g/mol. The summed E-state index contributed by atoms with van der Waals surface area (Å²) in [4.78, 5) is 0. The Bertz CT molecular complexity index is 501. The summed E-state index contributed by atoms with van der Waals surface area (Å²) in [5, 5.41) is 0.117. The summed E-state index contributed by atoms with van der Waals surface area (Å²) in [6, 6.07) is 6.34. The Balaban J connectivity index is 2.58. The molecule has 2 N–H and O–H groups in total. The number of unbranched alkanes of at least 4 members (excludes halogenated alkanes) is 10. The molecule has 0 aromatic heterocycles. The number of rotatable bonds is 15. The minimum Gasteiger partial charge on any atom is -0.432 e. The van der Waals surface area contributed by atoms with Gasteiger partial charge in [-0.15, -0.1) is 0 Å². The minimum absolute atomic E-state index is 0.117. The van der Waals surface area contributed by atoms with E-state index in [-0.39, 0.29) is 5.17 Å². The van der Waals surface area contributed by atoms with E-state index >= 15 is 0 Å². The van der Waals surface area contributed by atoms with E-state index in [9.17, 15) is 0 Å². The second-order valence-electron chi connectivity index (χ2n) is 7.35. The lowest BCUT2D eigenvalue weighted by atomic mass is 9.95. The summed E-state index contributed by atoms with van der Waals surface area (Å²) in [7, 11) is 0. The van der Waals surface area contributed by atoms with Crippen molar-refractivity contribution in [3.63, 3.8) is 0 Å². The van der Waals surface area contributed by atoms with E-state index < -0.39 is 0 Å². The Kier molecular flexibility index (Phi) is 13.3. The Morgan fingerprint density at radius 2 is 1.35 bits per heavy atom. The van der Waals surface area contributed by atoms with Crippen LogP contribution in [0, 0.1) is 0 Å². The van der Waals surface area contributed by atoms with Crippen LogP contribution >= 0.6 is 12.2 Å². The van der Waals surface area contributed by atoms with E-state index in [0.29, 0.717) is 0 Å². The Hall–Kier alpha value is -1.09. The molecule has 0 saturated carbocycles. The summed E-state index contributed by atoms with van der Waals surface area (Å²) in [6.07, 6.45) is 18.0. The SMILES string of the molecule is CCCCCCCCc1cccc(OC(N)=S)c1CCCCCCCC. The zero-order chi connectivity index (χ0) is 19.0. The highest BCUT2D eigenvalue weighted by molar-refractivity contribution is 7.80. The molecule has 0 aliphatic heterocycles. The minimum atomic E-state index is 0.117. The maximum atomic E-state index is 5.65. The Labute approximate surface area is 166 Å². The third-order valence-corrected chi connectivity index (χ3v) is 5.10. The van der Waals surface area contributed by atoms with E-state index in [1.807, 2.05) is 6.07 Å². The van der Waals surface area contributed by atoms with Crippen molar-refractivity contribution in [2.24, 2.45) is 5.73 Å². The van der Waals surface area contributed by atoms with Gasteiger partial charge in [-0.05, 0) is 55.1 Å². The molecule has 0 heterocycles. The van der Waals surface area contributed by atoms with E-state index in [4.69, 9.17) is 22.7 Å². The summed E-state index contributed by atoms with van der Waals surface area (Å²) in [6.45, 7) is 4.53. The van der Waals surface area contributed by atoms with Crippen LogP contribution in [0.2, 0.25) is 0 Å². The zero-order valence-corrected chi connectivity index (χ0v) is 17.8. The summed E-state index contributed by atoms with van der Waals surface area (Å²) >= 11 is 4.97. The van der Waals surface area contributed by atoms with Gasteiger partial charge >= 0.3 is 0 Å². The van der Waals surface area contributed by atoms with Crippen LogP contribution in [0.3, 0.4) is 0 Å². The van der Waals surface area contributed by atoms with Gasteiger partial charge in [-0.1, -0.05) is 90.2 Å². The second kappa shape index (κ2) is 15.0. The summed E-state index contributed by atoms with van der Waals surface area (Å²) in [5.74, 6) is 0.870. The lowest BCUT2D eigenvalue weighted by molar-refractivity contribution is 0.538. The van der Waals surface area contributed by atoms with Crippen molar-refractivity contribution in [3.05, 3.63) is 29.3 Å². The molecule has 0 unspecified atom stereocenters. The van der Waals surface area contributed by atoms with Crippen molar-refractivity contribution in [2.45, 2.75) is 104 Å². The molecule has 148 valence electrons. The standard InChI is InChI=1S/C23H39NOS/c1-3-5-7-9-11-13-16-20-17-15-19-22(25-23(24)26)21(20)18-14-12-10-8-6-4-2/h15,17,19H,3-14,16,18H2,1-2H3,(H2,24,26). The highest BCUT2D eigenvalue weighted by atomic mass is 32.1. The molecular formula is C23H39NOS. The van der Waals surface area contributed by atoms with Crippen LogP contribution in [0.5, 0.6) is 5.75 Å². The maximum absolute atomic E-state index is 5.65. The largest absolute Gasteiger partial charge is 0.432 e. The van der Waals surface area contributed by atoms with Crippen LogP contribution in [0.25, 0.3) is 0 Å². The van der Waals surface area contributed by atoms with Gasteiger partial charge < -0.3 is 10.5 Å². The number of nitrogens with two attached hydrogens (primary N) is 1. The van der Waals surface area contributed by atoms with Gasteiger partial charge in [0.1, 0.15) is 5.75 Å². The van der Waals surface area contributed by atoms with Crippen molar-refractivity contribution in [3.8, 4) is 5.75 Å². The molecule has 0 aliphatic rings. The Morgan fingerprint density at radius 3 is 1.92 bits per heavy atom. The molecule has 0 bridgehead atoms. The fraction of sp³-hybridized carbons (Fsp3) is 0.696. The topological polar surface area (TPSA) is 35.2 Å². The van der Waals surface area contributed by atoms with Gasteiger partial charge in [0.2, 0.25) is 0 Å². The average Bonchev–Trinajstić information content (AvgIpc) is 2.62. The van der Waals surface area contributed by atoms with E-state index in [2.05, 4.69) is 26.0 Å². The number of aryl methyl sites for hydroxylation is 1. The molecule has 3 heteroatoms. The van der Waals surface area contributed by atoms with E-state index in [1.165, 1.54) is 88.2 Å². The molecule has 1 aromatic rings. The smallest absolute Gasteiger partial charge is 0.259 e. The zero-order valence-electron chi connectivity index (χ0n) is 17.0. The predicted octanol–water partition coefficient (Wildman–Crippen LogP) is 7.12. The van der Waals surface area contributed by atoms with Crippen molar-refractivity contribution in [1.82, 2.24) is 0 Å². The molecule has 26 heavy (non-hydrogen) atoms. The molecule has 0 atom stereocenters. The van der Waals surface area contributed by atoms with Gasteiger partial charge in [0.15, 0.2) is 0 Å². The van der Waals surface area contributed by atoms with E-state index in [1.54, 1.807) is 0 Å². The lowest BCUT2D eigenvalue weighted by Gasteiger charge is -2.15. The van der Waals surface area contributed by atoms with Crippen molar-refractivity contribution < 1.29 is 4.74 Å². The van der Waals surface area contributed by atoms with Crippen LogP contribution in [0.4, 0.5) is 0 Å². The maximum Gasteiger partial charge on any atom is 0.259 e. The number of benzene rings is 1. The first-order chi connectivity index (χ1) is 12.7. The summed E-state index contributed by atoms with van der Waals surface area (Å²) < 4.78 is 5.65. The van der Waals surface area contributed by atoms with Crippen LogP contribution in [-0.4, -0.2) is 5.17 Å². The molecule has 2 nitrogen and oxygen atoms in total. The fourth-order valence-corrected chi connectivity index (χ4v) is 3.60. The van der Waals surface area contributed by atoms with Gasteiger partial charge in [0, 0.05) is 0 Å². The normalized spacial score (nSPS) is 10.8. The van der Waals surface area contributed by atoms with Gasteiger partial charge in [-0.3, -0.25) is 0 Å². The first-order valence-corrected chi connectivity index (χ1v) is 11.2. The van der Waals surface area contributed by atoms with Crippen LogP contribution < -0.4 is 10.5 Å². The number of ether oxygens (including phenoxy) is 1. The Morgan fingerprint density at radius 1 is 0.808 bits per heavy atom. The third-order valence-electron chi connectivity index (χ3n) is 5.02. The molecule has 0 radical (unpaired) electrons. The quantitative estimate of drug-likeness (QED) is 0.261. The predicted molar refractivity (Wildman–Crippen MR) is 118 cm³/mol. The average molecular weight is 378 g/mol. The molecule has 0 fully saturated rings. The molecule has 1 rings (SSSR count). The highest BCUT2D eigenvalue weighted by Crippen LogP contribution is 2.27. The number of hydrogen-bond acceptors (Lipinski definition) is 2. The molecule has 0 amide bonds. The molecule has 1 aromatic carbocycles. The first-order valence-electron chi connectivity index (χ1n) is 10.8. The van der Waals surface area contributed by atoms with E-state index in [0.717, 1.165) is 18.6 Å². The van der Waals surface area contributed by atoms with Gasteiger partial charge in [-0.2, -0.15) is 0 Å². The molecule has 0 aliphatic carbocycles. The van der Waals surface area contributed by atoms with Crippen LogP contribution in [0.15, 0.2) is 18.2 Å².